The zero-order valence-electron chi connectivity index (χ0n) is 17.2. The van der Waals surface area contributed by atoms with Crippen molar-refractivity contribution in [2.45, 2.75) is 19.0 Å². The second-order valence-corrected chi connectivity index (χ2v) is 8.68. The van der Waals surface area contributed by atoms with Crippen LogP contribution in [-0.4, -0.2) is 40.7 Å². The first-order valence-corrected chi connectivity index (χ1v) is 10.8. The number of hydrogen-bond donors (Lipinski definition) is 1. The van der Waals surface area contributed by atoms with E-state index in [-0.39, 0.29) is 12.5 Å². The Morgan fingerprint density at radius 2 is 1.94 bits per heavy atom. The van der Waals surface area contributed by atoms with Gasteiger partial charge in [0.05, 0.1) is 6.54 Å². The summed E-state index contributed by atoms with van der Waals surface area (Å²) in [5.74, 6) is -0.740. The third-order valence-electron chi connectivity index (χ3n) is 5.52. The van der Waals surface area contributed by atoms with Gasteiger partial charge in [0.2, 0.25) is 5.91 Å². The number of amides is 4. The first-order valence-electron chi connectivity index (χ1n) is 9.97. The van der Waals surface area contributed by atoms with Crippen molar-refractivity contribution >= 4 is 40.0 Å². The van der Waals surface area contributed by atoms with Gasteiger partial charge in [-0.15, -0.1) is 17.9 Å². The van der Waals surface area contributed by atoms with E-state index in [9.17, 15) is 14.4 Å². The molecule has 1 N–H and O–H groups in total. The predicted octanol–water partition coefficient (Wildman–Crippen LogP) is 3.88. The molecule has 0 spiro atoms. The molecule has 2 aromatic carbocycles. The molecule has 1 saturated heterocycles. The maximum absolute atomic E-state index is 13.3. The van der Waals surface area contributed by atoms with E-state index in [4.69, 9.17) is 0 Å². The highest BCUT2D eigenvalue weighted by molar-refractivity contribution is 7.09. The minimum absolute atomic E-state index is 0.306. The summed E-state index contributed by atoms with van der Waals surface area (Å²) in [6, 6.07) is 16.8. The minimum Gasteiger partial charge on any atom is -0.332 e. The second-order valence-electron chi connectivity index (χ2n) is 7.65. The second kappa shape index (κ2) is 8.35. The Morgan fingerprint density at radius 3 is 2.65 bits per heavy atom. The number of nitrogens with zero attached hydrogens (tertiary/aromatic N) is 2. The van der Waals surface area contributed by atoms with Gasteiger partial charge in [-0.1, -0.05) is 48.5 Å². The van der Waals surface area contributed by atoms with Crippen LogP contribution < -0.4 is 5.32 Å². The van der Waals surface area contributed by atoms with Crippen LogP contribution in [0, 0.1) is 0 Å². The van der Waals surface area contributed by atoms with E-state index in [1.165, 1.54) is 0 Å². The molecule has 3 aromatic rings. The molecule has 2 heterocycles. The lowest BCUT2D eigenvalue weighted by atomic mass is 9.90. The Balaban J connectivity index is 1.55. The molecule has 4 amide bonds. The van der Waals surface area contributed by atoms with Crippen LogP contribution in [0.15, 0.2) is 72.6 Å². The van der Waals surface area contributed by atoms with Gasteiger partial charge in [-0.3, -0.25) is 14.5 Å². The molecule has 1 aliphatic heterocycles. The molecule has 6 nitrogen and oxygen atoms in total. The molecule has 1 aliphatic rings. The third kappa shape index (κ3) is 3.96. The molecule has 1 fully saturated rings. The van der Waals surface area contributed by atoms with E-state index in [0.29, 0.717) is 18.7 Å². The lowest BCUT2D eigenvalue weighted by molar-refractivity contribution is -0.138. The first kappa shape index (κ1) is 20.8. The van der Waals surface area contributed by atoms with Gasteiger partial charge in [0, 0.05) is 11.4 Å². The first-order chi connectivity index (χ1) is 14.9. The van der Waals surface area contributed by atoms with E-state index in [2.05, 4.69) is 11.9 Å². The van der Waals surface area contributed by atoms with E-state index in [0.717, 1.165) is 20.5 Å². The molecule has 1 unspecified atom stereocenters. The standard InChI is InChI=1S/C24H23N3O3S/c1-3-12-26(15-20-9-6-13-31-20)21(28)16-27-22(29)24(2,25-23(27)30)19-11-10-17-7-4-5-8-18(17)14-19/h3-11,13-14H,1,12,15-16H2,2H3,(H,25,30). The average Bonchev–Trinajstić information content (AvgIpc) is 3.36. The highest BCUT2D eigenvalue weighted by Crippen LogP contribution is 2.31. The molecular formula is C24H23N3O3S. The molecule has 4 rings (SSSR count). The summed E-state index contributed by atoms with van der Waals surface area (Å²) in [4.78, 5) is 42.5. The highest BCUT2D eigenvalue weighted by Gasteiger charge is 2.49. The summed E-state index contributed by atoms with van der Waals surface area (Å²) in [5.41, 5.74) is -0.542. The maximum Gasteiger partial charge on any atom is 0.325 e. The summed E-state index contributed by atoms with van der Waals surface area (Å²) in [7, 11) is 0. The Hall–Kier alpha value is -3.45. The van der Waals surface area contributed by atoms with Gasteiger partial charge in [0.1, 0.15) is 12.1 Å². The lowest BCUT2D eigenvalue weighted by Crippen LogP contribution is -2.44. The van der Waals surface area contributed by atoms with Gasteiger partial charge in [-0.05, 0) is 40.8 Å². The van der Waals surface area contributed by atoms with Gasteiger partial charge in [-0.2, -0.15) is 0 Å². The number of imide groups is 1. The smallest absolute Gasteiger partial charge is 0.325 e. The number of fused-ring (bicyclic) bond motifs is 1. The number of carbonyl (C=O) groups excluding carboxylic acids is 3. The van der Waals surface area contributed by atoms with Gasteiger partial charge >= 0.3 is 6.03 Å². The maximum atomic E-state index is 13.3. The van der Waals surface area contributed by atoms with Gasteiger partial charge in [0.25, 0.3) is 5.91 Å². The molecule has 0 bridgehead atoms. The number of benzene rings is 2. The molecular weight excluding hydrogens is 410 g/mol. The van der Waals surface area contributed by atoms with Gasteiger partial charge in [-0.25, -0.2) is 4.79 Å². The Kier molecular flexibility index (Phi) is 5.61. The third-order valence-corrected chi connectivity index (χ3v) is 6.39. The molecule has 158 valence electrons. The van der Waals surface area contributed by atoms with Crippen molar-refractivity contribution in [3.05, 3.63) is 83.1 Å². The molecule has 31 heavy (non-hydrogen) atoms. The monoisotopic (exact) mass is 433 g/mol. The number of thiophene rings is 1. The molecule has 0 aliphatic carbocycles. The van der Waals surface area contributed by atoms with E-state index < -0.39 is 17.5 Å². The molecule has 1 atom stereocenters. The molecule has 1 aromatic heterocycles. The number of carbonyl (C=O) groups is 3. The topological polar surface area (TPSA) is 69.7 Å². The van der Waals surface area contributed by atoms with Crippen LogP contribution in [0.4, 0.5) is 4.79 Å². The summed E-state index contributed by atoms with van der Waals surface area (Å²) in [6.45, 7) is 5.82. The summed E-state index contributed by atoms with van der Waals surface area (Å²) in [6.07, 6.45) is 1.64. The zero-order chi connectivity index (χ0) is 22.0. The minimum atomic E-state index is -1.22. The van der Waals surface area contributed by atoms with Crippen molar-refractivity contribution in [3.63, 3.8) is 0 Å². The number of nitrogens with one attached hydrogen (secondary N) is 1. The van der Waals surface area contributed by atoms with Crippen LogP contribution >= 0.6 is 11.3 Å². The zero-order valence-corrected chi connectivity index (χ0v) is 18.0. The molecule has 0 radical (unpaired) electrons. The Morgan fingerprint density at radius 1 is 1.16 bits per heavy atom. The van der Waals surface area contributed by atoms with E-state index >= 15 is 0 Å². The largest absolute Gasteiger partial charge is 0.332 e. The number of hydrogen-bond acceptors (Lipinski definition) is 4. The van der Waals surface area contributed by atoms with Crippen LogP contribution in [0.5, 0.6) is 0 Å². The van der Waals surface area contributed by atoms with Crippen LogP contribution in [0.3, 0.4) is 0 Å². The molecule has 7 heteroatoms. The fourth-order valence-electron chi connectivity index (χ4n) is 3.77. The van der Waals surface area contributed by atoms with Gasteiger partial charge < -0.3 is 10.2 Å². The summed E-state index contributed by atoms with van der Waals surface area (Å²) < 4.78 is 0. The van der Waals surface area contributed by atoms with Crippen molar-refractivity contribution < 1.29 is 14.4 Å². The average molecular weight is 434 g/mol. The van der Waals surface area contributed by atoms with Crippen LogP contribution in [-0.2, 0) is 21.7 Å². The number of rotatable bonds is 7. The fourth-order valence-corrected chi connectivity index (χ4v) is 4.49. The normalized spacial score (nSPS) is 18.3. The van der Waals surface area contributed by atoms with Crippen molar-refractivity contribution in [1.82, 2.24) is 15.1 Å². The van der Waals surface area contributed by atoms with Gasteiger partial charge in [0.15, 0.2) is 0 Å². The summed E-state index contributed by atoms with van der Waals surface area (Å²) in [5, 5.41) is 6.75. The predicted molar refractivity (Wildman–Crippen MR) is 121 cm³/mol. The molecule has 0 saturated carbocycles. The van der Waals surface area contributed by atoms with E-state index in [1.54, 1.807) is 29.2 Å². The summed E-state index contributed by atoms with van der Waals surface area (Å²) >= 11 is 1.55. The quantitative estimate of drug-likeness (QED) is 0.454. The van der Waals surface area contributed by atoms with Crippen molar-refractivity contribution in [3.8, 4) is 0 Å². The fraction of sp³-hybridized carbons (Fsp3) is 0.208. The van der Waals surface area contributed by atoms with Crippen LogP contribution in [0.1, 0.15) is 17.4 Å². The van der Waals surface area contributed by atoms with Crippen LogP contribution in [0.25, 0.3) is 10.8 Å². The van der Waals surface area contributed by atoms with Crippen molar-refractivity contribution in [1.29, 1.82) is 0 Å². The Labute approximate surface area is 184 Å². The van der Waals surface area contributed by atoms with Crippen molar-refractivity contribution in [2.24, 2.45) is 0 Å². The SMILES string of the molecule is C=CCN(Cc1cccs1)C(=O)CN1C(=O)NC(C)(c2ccc3ccccc3c2)C1=O. The lowest BCUT2D eigenvalue weighted by Gasteiger charge is -2.24. The van der Waals surface area contributed by atoms with Crippen LogP contribution in [0.2, 0.25) is 0 Å². The van der Waals surface area contributed by atoms with E-state index in [1.807, 2.05) is 60.0 Å². The highest BCUT2D eigenvalue weighted by atomic mass is 32.1. The van der Waals surface area contributed by atoms with Crippen molar-refractivity contribution in [2.75, 3.05) is 13.1 Å². The Bertz CT molecular complexity index is 1160. The number of urea groups is 1.